The predicted molar refractivity (Wildman–Crippen MR) is 564 cm³/mol. The number of thiophene rings is 2. The molecule has 6 saturated heterocycles. The molecule has 145 heavy (non-hydrogen) atoms. The fourth-order valence-electron chi connectivity index (χ4n) is 22.2. The number of nitrogens with zero attached hydrogens (tertiary/aromatic N) is 9. The van der Waals surface area contributed by atoms with E-state index in [-0.39, 0.29) is 69.0 Å². The van der Waals surface area contributed by atoms with Crippen molar-refractivity contribution < 1.29 is 61.6 Å². The Hall–Kier alpha value is -14.1. The van der Waals surface area contributed by atoms with Crippen LogP contribution in [0.3, 0.4) is 0 Å². The topological polar surface area (TPSA) is 229 Å². The van der Waals surface area contributed by atoms with E-state index in [2.05, 4.69) is 167 Å². The van der Waals surface area contributed by atoms with Crippen molar-refractivity contribution in [1.29, 1.82) is 0 Å². The number of pyridine rings is 3. The second-order valence-corrected chi connectivity index (χ2v) is 40.5. The SMILES string of the molecule is O=C(/C=C/c1cccnc1)N1CCC2(CC1)OCc1ccccc12.O=C(/C=C/c1cccs1)N1CCC2(CC1)OCc1ccccc12.O=C(/C=C/c1ccncc1)N1CCC2(CC1)OCc1ccccc12.O=C(/C=C/c1ccoc1)N1CCC2(CC1)OCc1ccccc12.O=C(/C=C/c1ccsc1)N1CCC2(CC1)OCc1ccccc12.O=C(/C=C/c1cnc2ccccc2c1)N1CCC2(CC1)OCc1ccccc12. The first kappa shape index (κ1) is 98.3. The first-order valence-corrected chi connectivity index (χ1v) is 52.3. The fourth-order valence-corrected chi connectivity index (χ4v) is 23.4. The molecule has 7 aromatic carbocycles. The summed E-state index contributed by atoms with van der Waals surface area (Å²) in [6, 6.07) is 76.2. The number of fused-ring (bicyclic) bond motifs is 13. The standard InChI is InChI=1S/C24H22N2O2.2C20H20N2O2.C19H19NO3.2C19H19NO2S/c27-23(10-9-18-15-19-5-2-4-8-22(19)25-16-18)26-13-11-24(12-14-26)21-7-3-1-6-20(21)17-28-24;23-19(8-7-16-4-3-11-21-14-16)22-12-9-20(10-13-22)18-6-2-1-5-17(18)15-24-20;23-19(6-5-16-7-11-21-12-8-16)22-13-9-20(10-14-22)18-4-2-1-3-17(18)15-24-20;21-18(6-5-15-7-12-22-13-15)20-10-8-19(9-11-20)17-4-2-1-3-16(17)14-23-19;21-18(8-7-16-5-3-13-23-16)20-11-9-19(10-12-20)17-6-2-1-4-15(17)14-22-19;21-18(6-5-15-7-12-23-14-15)20-10-8-19(9-11-20)17-4-2-1-3-16(17)13-22-19/h1-10,15-16H,11-14,17H2;1-8,11,14H,9-10,12-13,15H2;1-8,11-12H,9-10,13-15H2;1-7,12-13H,8-11,14H2;1-8,13H,9-12,14H2;1-7,12,14H,8-11,13H2/b10-9+;8-7+;2*6-5+;8-7+;6-5+. The molecule has 18 heterocycles. The van der Waals surface area contributed by atoms with Gasteiger partial charge in [0.1, 0.15) is 0 Å². The van der Waals surface area contributed by atoms with Crippen LogP contribution in [-0.2, 0) is 130 Å². The minimum Gasteiger partial charge on any atom is -0.472 e. The third-order valence-corrected chi connectivity index (χ3v) is 32.0. The molecule has 6 fully saturated rings. The summed E-state index contributed by atoms with van der Waals surface area (Å²) in [5.41, 5.74) is 20.3. The monoisotopic (exact) mass is 1970 g/mol. The number of hydrogen-bond acceptors (Lipinski definition) is 18. The first-order chi connectivity index (χ1) is 71.1. The van der Waals surface area contributed by atoms with Gasteiger partial charge < -0.3 is 62.2 Å². The summed E-state index contributed by atoms with van der Waals surface area (Å²) in [4.78, 5) is 99.5. The molecular formula is C121H119N9O13S2. The van der Waals surface area contributed by atoms with E-state index >= 15 is 0 Å². The van der Waals surface area contributed by atoms with Gasteiger partial charge in [-0.3, -0.25) is 43.7 Å². The van der Waals surface area contributed by atoms with E-state index < -0.39 is 0 Å². The van der Waals surface area contributed by atoms with Crippen molar-refractivity contribution in [1.82, 2.24) is 44.4 Å². The summed E-state index contributed by atoms with van der Waals surface area (Å²) in [6.07, 6.45) is 43.3. The first-order valence-electron chi connectivity index (χ1n) is 50.5. The number of ether oxygens (including phenoxy) is 6. The Labute approximate surface area is 854 Å². The third-order valence-electron chi connectivity index (χ3n) is 30.5. The Morgan fingerprint density at radius 2 is 0.614 bits per heavy atom. The lowest BCUT2D eigenvalue weighted by Crippen LogP contribution is -2.44. The third kappa shape index (κ3) is 22.6. The summed E-state index contributed by atoms with van der Waals surface area (Å²) >= 11 is 3.28. The van der Waals surface area contributed by atoms with E-state index in [9.17, 15) is 28.8 Å². The van der Waals surface area contributed by atoms with Gasteiger partial charge in [0.2, 0.25) is 35.4 Å². The number of furan rings is 1. The van der Waals surface area contributed by atoms with Crippen LogP contribution in [0.15, 0.2) is 325 Å². The van der Waals surface area contributed by atoms with Crippen molar-refractivity contribution >= 4 is 105 Å². The average Bonchev–Trinajstić information content (AvgIpc) is 1.65. The van der Waals surface area contributed by atoms with Gasteiger partial charge in [0.05, 0.1) is 91.3 Å². The highest BCUT2D eigenvalue weighted by Gasteiger charge is 2.49. The molecule has 12 aliphatic heterocycles. The summed E-state index contributed by atoms with van der Waals surface area (Å²) in [6.45, 7) is 12.9. The lowest BCUT2D eigenvalue weighted by atomic mass is 9.84. The van der Waals surface area contributed by atoms with Crippen LogP contribution in [0.4, 0.5) is 0 Å². The van der Waals surface area contributed by atoms with Crippen LogP contribution in [-0.4, -0.2) is 158 Å². The molecule has 12 aliphatic rings. The smallest absolute Gasteiger partial charge is 0.246 e. The molecule has 24 heteroatoms. The highest BCUT2D eigenvalue weighted by atomic mass is 32.1. The molecule has 13 aromatic rings. The molecular weight excluding hydrogens is 1850 g/mol. The van der Waals surface area contributed by atoms with Crippen molar-refractivity contribution in [3.05, 3.63) is 420 Å². The van der Waals surface area contributed by atoms with E-state index in [1.54, 1.807) is 109 Å². The maximum absolute atomic E-state index is 12.7. The molecule has 0 aliphatic carbocycles. The lowest BCUT2D eigenvalue weighted by Gasteiger charge is -2.39. The number of hydrogen-bond donors (Lipinski definition) is 0. The number of carbonyl (C=O) groups excluding carboxylic acids is 6. The van der Waals surface area contributed by atoms with Crippen LogP contribution in [0.1, 0.15) is 177 Å². The van der Waals surface area contributed by atoms with Gasteiger partial charge in [-0.1, -0.05) is 176 Å². The quantitative estimate of drug-likeness (QED) is 0.104. The van der Waals surface area contributed by atoms with E-state index in [1.165, 1.54) is 66.8 Å². The minimum atomic E-state index is -0.209. The van der Waals surface area contributed by atoms with Crippen LogP contribution < -0.4 is 0 Å². The lowest BCUT2D eigenvalue weighted by molar-refractivity contribution is -0.134. The van der Waals surface area contributed by atoms with Gasteiger partial charge in [0.25, 0.3) is 0 Å². The molecule has 6 spiro atoms. The van der Waals surface area contributed by atoms with Gasteiger partial charge in [-0.25, -0.2) is 0 Å². The Kier molecular flexibility index (Phi) is 30.6. The van der Waals surface area contributed by atoms with Crippen molar-refractivity contribution in [3.8, 4) is 0 Å². The Morgan fingerprint density at radius 1 is 0.283 bits per heavy atom. The highest BCUT2D eigenvalue weighted by molar-refractivity contribution is 7.10. The van der Waals surface area contributed by atoms with Crippen molar-refractivity contribution in [2.45, 2.75) is 150 Å². The summed E-state index contributed by atoms with van der Waals surface area (Å²) in [7, 11) is 0. The van der Waals surface area contributed by atoms with Crippen molar-refractivity contribution in [2.75, 3.05) is 78.5 Å². The second kappa shape index (κ2) is 45.1. The van der Waals surface area contributed by atoms with Crippen molar-refractivity contribution in [3.63, 3.8) is 0 Å². The number of benzene rings is 7. The normalized spacial score (nSPS) is 19.0. The predicted octanol–water partition coefficient (Wildman–Crippen LogP) is 21.5. The zero-order valence-corrected chi connectivity index (χ0v) is 83.1. The fraction of sp³-hybridized carbons (Fsp3) is 0.298. The number of aromatic nitrogens is 3. The molecule has 0 saturated carbocycles. The van der Waals surface area contributed by atoms with E-state index in [0.717, 1.165) is 186 Å². The maximum atomic E-state index is 12.7. The highest BCUT2D eigenvalue weighted by Crippen LogP contribution is 2.51. The number of likely N-dealkylation sites (tertiary alicyclic amines) is 6. The van der Waals surface area contributed by atoms with Crippen LogP contribution in [0.2, 0.25) is 0 Å². The molecule has 22 nitrogen and oxygen atoms in total. The Bertz CT molecular complexity index is 6450. The van der Waals surface area contributed by atoms with Crippen LogP contribution in [0.5, 0.6) is 0 Å². The van der Waals surface area contributed by atoms with Crippen molar-refractivity contribution in [2.24, 2.45) is 0 Å². The Morgan fingerprint density at radius 3 is 0.945 bits per heavy atom. The van der Waals surface area contributed by atoms with Gasteiger partial charge in [-0.2, -0.15) is 11.3 Å². The molecule has 0 N–H and O–H groups in total. The number of rotatable bonds is 12. The zero-order valence-electron chi connectivity index (χ0n) is 81.4. The molecule has 738 valence electrons. The number of piperidine rings is 6. The van der Waals surface area contributed by atoms with Crippen LogP contribution in [0.25, 0.3) is 47.4 Å². The van der Waals surface area contributed by atoms with Crippen LogP contribution >= 0.6 is 22.7 Å². The molecule has 25 rings (SSSR count). The largest absolute Gasteiger partial charge is 0.472 e. The summed E-state index contributed by atoms with van der Waals surface area (Å²) < 4.78 is 41.9. The van der Waals surface area contributed by atoms with E-state index in [0.29, 0.717) is 52.7 Å². The van der Waals surface area contributed by atoms with Gasteiger partial charge in [-0.15, -0.1) is 11.3 Å². The number of carbonyl (C=O) groups is 6. The number of amides is 6. The second-order valence-electron chi connectivity index (χ2n) is 38.7. The van der Waals surface area contributed by atoms with Gasteiger partial charge in [0.15, 0.2) is 0 Å². The molecule has 0 atom stereocenters. The average molecular weight is 1970 g/mol. The molecule has 0 radical (unpaired) electrons. The van der Waals surface area contributed by atoms with Crippen LogP contribution in [0, 0.1) is 0 Å². The number of para-hydroxylation sites is 1. The van der Waals surface area contributed by atoms with E-state index in [4.69, 9.17) is 32.8 Å². The van der Waals surface area contributed by atoms with Gasteiger partial charge in [0, 0.05) is 162 Å². The molecule has 0 bridgehead atoms. The summed E-state index contributed by atoms with van der Waals surface area (Å²) in [5.74, 6) is 0.409. The van der Waals surface area contributed by atoms with Gasteiger partial charge in [-0.05, 0) is 267 Å². The van der Waals surface area contributed by atoms with Gasteiger partial charge >= 0.3 is 0 Å². The molecule has 6 aromatic heterocycles. The Balaban J connectivity index is 0.000000106. The molecule has 6 amide bonds. The zero-order chi connectivity index (χ0) is 98.9. The minimum absolute atomic E-state index is 0.0485. The van der Waals surface area contributed by atoms with E-state index in [1.807, 2.05) is 149 Å². The summed E-state index contributed by atoms with van der Waals surface area (Å²) in [5, 5.41) is 7.15. The maximum Gasteiger partial charge on any atom is 0.246 e. The molecule has 0 unspecified atom stereocenters.